The first-order valence-electron chi connectivity index (χ1n) is 12.6. The zero-order chi connectivity index (χ0) is 25.3. The standard InChI is InChI=1S/C26H47N3O4/c1-10-20(8)29-15-13-12-14-21(29)24(30)27-23(18(5)6)25(31)28(9)22(17(3)4)16-19(7)26(32)33-11-2/h16-18,20-23H,10-15H2,1-9H3,(H,27,30)/t20?,21?,22-,23+/m1/s1. The third-order valence-corrected chi connectivity index (χ3v) is 6.73. The molecule has 0 radical (unpaired) electrons. The molecule has 1 saturated heterocycles. The highest BCUT2D eigenvalue weighted by atomic mass is 16.5. The number of nitrogens with zero attached hydrogens (tertiary/aromatic N) is 2. The monoisotopic (exact) mass is 465 g/mol. The number of hydrogen-bond donors (Lipinski definition) is 1. The lowest BCUT2D eigenvalue weighted by atomic mass is 9.95. The minimum absolute atomic E-state index is 0.0604. The van der Waals surface area contributed by atoms with E-state index < -0.39 is 6.04 Å². The fourth-order valence-corrected chi connectivity index (χ4v) is 4.45. The maximum Gasteiger partial charge on any atom is 0.333 e. The molecular weight excluding hydrogens is 418 g/mol. The molecule has 33 heavy (non-hydrogen) atoms. The number of nitrogens with one attached hydrogen (secondary N) is 1. The van der Waals surface area contributed by atoms with E-state index in [2.05, 4.69) is 24.1 Å². The minimum Gasteiger partial charge on any atom is -0.463 e. The van der Waals surface area contributed by atoms with Crippen molar-refractivity contribution < 1.29 is 19.1 Å². The van der Waals surface area contributed by atoms with E-state index in [4.69, 9.17) is 4.74 Å². The van der Waals surface area contributed by atoms with E-state index >= 15 is 0 Å². The number of likely N-dealkylation sites (tertiary alicyclic amines) is 1. The molecule has 2 amide bonds. The Morgan fingerprint density at radius 2 is 1.73 bits per heavy atom. The Morgan fingerprint density at radius 1 is 1.09 bits per heavy atom. The van der Waals surface area contributed by atoms with Crippen molar-refractivity contribution in [3.8, 4) is 0 Å². The lowest BCUT2D eigenvalue weighted by Crippen LogP contribution is -2.59. The third-order valence-electron chi connectivity index (χ3n) is 6.73. The van der Waals surface area contributed by atoms with Crippen molar-refractivity contribution in [2.75, 3.05) is 20.2 Å². The number of carbonyl (C=O) groups is 3. The maximum atomic E-state index is 13.5. The first kappa shape index (κ1) is 29.1. The average Bonchev–Trinajstić information content (AvgIpc) is 2.78. The number of esters is 1. The molecule has 1 rings (SSSR count). The maximum absolute atomic E-state index is 13.5. The Balaban J connectivity index is 3.07. The molecule has 1 fully saturated rings. The summed E-state index contributed by atoms with van der Waals surface area (Å²) in [6.07, 6.45) is 5.73. The summed E-state index contributed by atoms with van der Waals surface area (Å²) < 4.78 is 5.10. The fraction of sp³-hybridized carbons (Fsp3) is 0.808. The highest BCUT2D eigenvalue weighted by Gasteiger charge is 2.36. The first-order chi connectivity index (χ1) is 15.5. The Kier molecular flexibility index (Phi) is 12.1. The summed E-state index contributed by atoms with van der Waals surface area (Å²) in [5.41, 5.74) is 0.478. The van der Waals surface area contributed by atoms with Crippen LogP contribution in [0, 0.1) is 11.8 Å². The number of ether oxygens (including phenoxy) is 1. The molecular formula is C26H47N3O4. The molecule has 0 aromatic heterocycles. The van der Waals surface area contributed by atoms with Crippen molar-refractivity contribution in [1.82, 2.24) is 15.1 Å². The van der Waals surface area contributed by atoms with Gasteiger partial charge in [-0.3, -0.25) is 14.5 Å². The van der Waals surface area contributed by atoms with Crippen molar-refractivity contribution >= 4 is 17.8 Å². The highest BCUT2D eigenvalue weighted by Crippen LogP contribution is 2.22. The van der Waals surface area contributed by atoms with Gasteiger partial charge in [-0.25, -0.2) is 4.79 Å². The van der Waals surface area contributed by atoms with Crippen molar-refractivity contribution in [1.29, 1.82) is 0 Å². The number of carbonyl (C=O) groups excluding carboxylic acids is 3. The molecule has 4 atom stereocenters. The van der Waals surface area contributed by atoms with Crippen LogP contribution in [0.2, 0.25) is 0 Å². The second kappa shape index (κ2) is 13.7. The molecule has 0 saturated carbocycles. The zero-order valence-electron chi connectivity index (χ0n) is 22.3. The van der Waals surface area contributed by atoms with Crippen LogP contribution in [0.3, 0.4) is 0 Å². The average molecular weight is 466 g/mol. The molecule has 0 aromatic rings. The fourth-order valence-electron chi connectivity index (χ4n) is 4.45. The number of amides is 2. The number of rotatable bonds is 11. The largest absolute Gasteiger partial charge is 0.463 e. The highest BCUT2D eigenvalue weighted by molar-refractivity contribution is 5.91. The van der Waals surface area contributed by atoms with Crippen molar-refractivity contribution in [3.63, 3.8) is 0 Å². The lowest BCUT2D eigenvalue weighted by molar-refractivity contribution is -0.140. The van der Waals surface area contributed by atoms with Crippen LogP contribution in [0.4, 0.5) is 0 Å². The molecule has 0 aliphatic carbocycles. The van der Waals surface area contributed by atoms with E-state index in [9.17, 15) is 14.4 Å². The van der Waals surface area contributed by atoms with Gasteiger partial charge in [-0.1, -0.05) is 47.1 Å². The Morgan fingerprint density at radius 3 is 2.24 bits per heavy atom. The number of hydrogen-bond acceptors (Lipinski definition) is 5. The second-order valence-electron chi connectivity index (χ2n) is 9.99. The number of piperidine rings is 1. The summed E-state index contributed by atoms with van der Waals surface area (Å²) in [6.45, 7) is 16.9. The molecule has 7 heteroatoms. The predicted octanol–water partition coefficient (Wildman–Crippen LogP) is 3.77. The van der Waals surface area contributed by atoms with Gasteiger partial charge in [0.2, 0.25) is 11.8 Å². The molecule has 7 nitrogen and oxygen atoms in total. The normalized spacial score (nSPS) is 20.3. The van der Waals surface area contributed by atoms with Crippen molar-refractivity contribution in [2.24, 2.45) is 11.8 Å². The summed E-state index contributed by atoms with van der Waals surface area (Å²) in [5, 5.41) is 3.08. The molecule has 1 aliphatic heterocycles. The Bertz CT molecular complexity index is 689. The Labute approximate surface area is 201 Å². The third kappa shape index (κ3) is 8.13. The summed E-state index contributed by atoms with van der Waals surface area (Å²) in [5.74, 6) is -0.552. The van der Waals surface area contributed by atoms with Crippen LogP contribution in [0.1, 0.15) is 81.1 Å². The van der Waals surface area contributed by atoms with Gasteiger partial charge in [-0.05, 0) is 58.4 Å². The summed E-state index contributed by atoms with van der Waals surface area (Å²) >= 11 is 0. The van der Waals surface area contributed by atoms with Crippen molar-refractivity contribution in [2.45, 2.75) is 105 Å². The van der Waals surface area contributed by atoms with Gasteiger partial charge in [0.15, 0.2) is 0 Å². The van der Waals surface area contributed by atoms with Gasteiger partial charge in [0, 0.05) is 18.7 Å². The van der Waals surface area contributed by atoms with Crippen LogP contribution in [0.5, 0.6) is 0 Å². The van der Waals surface area contributed by atoms with E-state index in [1.807, 2.05) is 27.7 Å². The molecule has 190 valence electrons. The summed E-state index contributed by atoms with van der Waals surface area (Å²) in [6, 6.07) is -0.773. The van der Waals surface area contributed by atoms with Crippen LogP contribution < -0.4 is 5.32 Å². The van der Waals surface area contributed by atoms with Gasteiger partial charge in [-0.2, -0.15) is 0 Å². The van der Waals surface area contributed by atoms with Gasteiger partial charge in [0.25, 0.3) is 0 Å². The van der Waals surface area contributed by atoms with Gasteiger partial charge < -0.3 is 15.0 Å². The van der Waals surface area contributed by atoms with Gasteiger partial charge in [0.1, 0.15) is 6.04 Å². The van der Waals surface area contributed by atoms with E-state index in [0.717, 1.165) is 32.2 Å². The topological polar surface area (TPSA) is 79.0 Å². The van der Waals surface area contributed by atoms with Crippen LogP contribution in [-0.2, 0) is 19.1 Å². The van der Waals surface area contributed by atoms with Crippen molar-refractivity contribution in [3.05, 3.63) is 11.6 Å². The quantitative estimate of drug-likeness (QED) is 0.371. The first-order valence-corrected chi connectivity index (χ1v) is 12.6. The van der Waals surface area contributed by atoms with E-state index in [-0.39, 0.29) is 41.7 Å². The molecule has 2 unspecified atom stereocenters. The van der Waals surface area contributed by atoms with E-state index in [1.54, 1.807) is 31.9 Å². The molecule has 0 spiro atoms. The van der Waals surface area contributed by atoms with E-state index in [0.29, 0.717) is 18.2 Å². The van der Waals surface area contributed by atoms with Gasteiger partial charge >= 0.3 is 5.97 Å². The second-order valence-corrected chi connectivity index (χ2v) is 9.99. The van der Waals surface area contributed by atoms with E-state index in [1.165, 1.54) is 0 Å². The van der Waals surface area contributed by atoms with Crippen LogP contribution >= 0.6 is 0 Å². The van der Waals surface area contributed by atoms with Crippen LogP contribution in [0.15, 0.2) is 11.6 Å². The number of likely N-dealkylation sites (N-methyl/N-ethyl adjacent to an activating group) is 1. The summed E-state index contributed by atoms with van der Waals surface area (Å²) in [4.78, 5) is 42.9. The molecule has 1 N–H and O–H groups in total. The van der Waals surface area contributed by atoms with Crippen LogP contribution in [0.25, 0.3) is 0 Å². The predicted molar refractivity (Wildman–Crippen MR) is 133 cm³/mol. The molecule has 1 heterocycles. The van der Waals surface area contributed by atoms with Crippen LogP contribution in [-0.4, -0.2) is 72.0 Å². The SMILES string of the molecule is CCOC(=O)C(C)=C[C@H](C(C)C)N(C)C(=O)[C@@H](NC(=O)C1CCCCN1C(C)CC)C(C)C. The zero-order valence-corrected chi connectivity index (χ0v) is 22.3. The van der Waals surface area contributed by atoms with Gasteiger partial charge in [0.05, 0.1) is 18.7 Å². The Hall–Kier alpha value is -1.89. The smallest absolute Gasteiger partial charge is 0.333 e. The van der Waals surface area contributed by atoms with Gasteiger partial charge in [-0.15, -0.1) is 0 Å². The minimum atomic E-state index is -0.624. The molecule has 1 aliphatic rings. The summed E-state index contributed by atoms with van der Waals surface area (Å²) in [7, 11) is 1.75. The lowest BCUT2D eigenvalue weighted by Gasteiger charge is -2.40. The molecule has 0 aromatic carbocycles. The molecule has 0 bridgehead atoms.